The van der Waals surface area contributed by atoms with Gasteiger partial charge in [0.25, 0.3) is 0 Å². The predicted octanol–water partition coefficient (Wildman–Crippen LogP) is 1.13. The molecular formula is C12H20NO2+. The first-order valence-electron chi connectivity index (χ1n) is 5.14. The van der Waals surface area contributed by atoms with Crippen molar-refractivity contribution in [1.82, 2.24) is 0 Å². The molecule has 0 heterocycles. The number of benzene rings is 1. The molecule has 0 saturated heterocycles. The minimum absolute atomic E-state index is 0.347. The maximum Gasteiger partial charge on any atom is 0.137 e. The van der Waals surface area contributed by atoms with Crippen molar-refractivity contribution in [3.63, 3.8) is 0 Å². The van der Waals surface area contributed by atoms with E-state index >= 15 is 0 Å². The molecule has 0 saturated carbocycles. The van der Waals surface area contributed by atoms with Gasteiger partial charge in [-0.1, -0.05) is 18.2 Å². The topological polar surface area (TPSA) is 29.5 Å². The molecular weight excluding hydrogens is 190 g/mol. The van der Waals surface area contributed by atoms with Gasteiger partial charge >= 0.3 is 0 Å². The highest BCUT2D eigenvalue weighted by Crippen LogP contribution is 2.08. The summed E-state index contributed by atoms with van der Waals surface area (Å²) in [5, 5.41) is 9.71. The van der Waals surface area contributed by atoms with Gasteiger partial charge in [-0.05, 0) is 12.1 Å². The third kappa shape index (κ3) is 5.40. The molecule has 1 aromatic carbocycles. The molecule has 0 spiro atoms. The van der Waals surface area contributed by atoms with Crippen molar-refractivity contribution in [1.29, 1.82) is 0 Å². The molecule has 0 fully saturated rings. The normalized spacial score (nSPS) is 13.6. The zero-order chi connectivity index (χ0) is 11.3. The fourth-order valence-corrected chi connectivity index (χ4v) is 1.39. The summed E-state index contributed by atoms with van der Waals surface area (Å²) in [4.78, 5) is 0. The van der Waals surface area contributed by atoms with Crippen molar-refractivity contribution >= 4 is 0 Å². The van der Waals surface area contributed by atoms with Crippen LogP contribution in [0.5, 0.6) is 5.75 Å². The summed E-state index contributed by atoms with van der Waals surface area (Å²) in [5.41, 5.74) is 0. The molecule has 1 unspecified atom stereocenters. The van der Waals surface area contributed by atoms with Gasteiger partial charge in [0.05, 0.1) is 21.1 Å². The number of hydrogen-bond donors (Lipinski definition) is 1. The van der Waals surface area contributed by atoms with E-state index in [1.165, 1.54) is 0 Å². The van der Waals surface area contributed by atoms with E-state index in [2.05, 4.69) is 0 Å². The van der Waals surface area contributed by atoms with Crippen LogP contribution in [-0.2, 0) is 0 Å². The second kappa shape index (κ2) is 5.14. The summed E-state index contributed by atoms with van der Waals surface area (Å²) in [6.07, 6.45) is -0.426. The molecule has 84 valence electrons. The monoisotopic (exact) mass is 210 g/mol. The van der Waals surface area contributed by atoms with Gasteiger partial charge in [0.2, 0.25) is 0 Å². The second-order valence-electron chi connectivity index (χ2n) is 4.75. The molecule has 1 N–H and O–H groups in total. The molecule has 0 aliphatic rings. The highest BCUT2D eigenvalue weighted by Gasteiger charge is 2.15. The molecule has 0 aliphatic carbocycles. The summed E-state index contributed by atoms with van der Waals surface area (Å²) >= 11 is 0. The van der Waals surface area contributed by atoms with Crippen LogP contribution in [0.4, 0.5) is 0 Å². The van der Waals surface area contributed by atoms with Gasteiger partial charge in [0.1, 0.15) is 25.0 Å². The quantitative estimate of drug-likeness (QED) is 0.738. The van der Waals surface area contributed by atoms with Gasteiger partial charge in [-0.25, -0.2) is 0 Å². The van der Waals surface area contributed by atoms with E-state index in [1.807, 2.05) is 51.5 Å². The fourth-order valence-electron chi connectivity index (χ4n) is 1.39. The van der Waals surface area contributed by atoms with E-state index in [0.29, 0.717) is 13.2 Å². The van der Waals surface area contributed by atoms with Gasteiger partial charge < -0.3 is 14.3 Å². The minimum atomic E-state index is -0.426. The zero-order valence-corrected chi connectivity index (χ0v) is 9.68. The average Bonchev–Trinajstić information content (AvgIpc) is 2.14. The standard InChI is InChI=1S/C12H20NO2/c1-13(2,3)9-11(14)10-15-12-7-5-4-6-8-12/h4-8,11,14H,9-10H2,1-3H3/q+1. The summed E-state index contributed by atoms with van der Waals surface area (Å²) in [5.74, 6) is 0.804. The van der Waals surface area contributed by atoms with Gasteiger partial charge in [-0.3, -0.25) is 0 Å². The molecule has 3 heteroatoms. The second-order valence-corrected chi connectivity index (χ2v) is 4.75. The molecule has 0 aromatic heterocycles. The lowest BCUT2D eigenvalue weighted by Crippen LogP contribution is -2.43. The van der Waals surface area contributed by atoms with Crippen LogP contribution in [0.25, 0.3) is 0 Å². The molecule has 0 amide bonds. The number of rotatable bonds is 5. The van der Waals surface area contributed by atoms with Crippen LogP contribution in [0.1, 0.15) is 0 Å². The number of aliphatic hydroxyl groups excluding tert-OH is 1. The zero-order valence-electron chi connectivity index (χ0n) is 9.68. The summed E-state index contributed by atoms with van der Waals surface area (Å²) in [6.45, 7) is 1.03. The van der Waals surface area contributed by atoms with Gasteiger partial charge in [-0.2, -0.15) is 0 Å². The SMILES string of the molecule is C[N+](C)(C)CC(O)COc1ccccc1. The van der Waals surface area contributed by atoms with Crippen molar-refractivity contribution in [3.8, 4) is 5.75 Å². The number of quaternary nitrogens is 1. The molecule has 1 atom stereocenters. The predicted molar refractivity (Wildman–Crippen MR) is 60.8 cm³/mol. The third-order valence-electron chi connectivity index (χ3n) is 1.94. The Balaban J connectivity index is 2.32. The number of ether oxygens (including phenoxy) is 1. The highest BCUT2D eigenvalue weighted by atomic mass is 16.5. The van der Waals surface area contributed by atoms with Crippen LogP contribution < -0.4 is 4.74 Å². The Kier molecular flexibility index (Phi) is 4.12. The summed E-state index contributed by atoms with van der Waals surface area (Å²) in [7, 11) is 6.14. The van der Waals surface area contributed by atoms with Crippen molar-refractivity contribution in [2.24, 2.45) is 0 Å². The maximum atomic E-state index is 9.71. The molecule has 1 rings (SSSR count). The van der Waals surface area contributed by atoms with E-state index in [4.69, 9.17) is 4.74 Å². The minimum Gasteiger partial charge on any atom is -0.491 e. The largest absolute Gasteiger partial charge is 0.491 e. The van der Waals surface area contributed by atoms with E-state index < -0.39 is 6.10 Å². The molecule has 0 bridgehead atoms. The van der Waals surface area contributed by atoms with Gasteiger partial charge in [0.15, 0.2) is 0 Å². The lowest BCUT2D eigenvalue weighted by molar-refractivity contribution is -0.873. The van der Waals surface area contributed by atoms with Crippen LogP contribution >= 0.6 is 0 Å². The van der Waals surface area contributed by atoms with Crippen molar-refractivity contribution in [2.75, 3.05) is 34.3 Å². The number of likely N-dealkylation sites (N-methyl/N-ethyl adjacent to an activating group) is 1. The summed E-state index contributed by atoms with van der Waals surface area (Å²) in [6, 6.07) is 9.55. The van der Waals surface area contributed by atoms with Crippen LogP contribution in [0.15, 0.2) is 30.3 Å². The lowest BCUT2D eigenvalue weighted by Gasteiger charge is -2.26. The molecule has 15 heavy (non-hydrogen) atoms. The van der Waals surface area contributed by atoms with Gasteiger partial charge in [0, 0.05) is 0 Å². The Hall–Kier alpha value is -1.06. The van der Waals surface area contributed by atoms with Crippen LogP contribution in [0.2, 0.25) is 0 Å². The number of aliphatic hydroxyl groups is 1. The molecule has 0 aliphatic heterocycles. The smallest absolute Gasteiger partial charge is 0.137 e. The van der Waals surface area contributed by atoms with Crippen LogP contribution in [-0.4, -0.2) is 50.0 Å². The molecule has 0 radical (unpaired) electrons. The fraction of sp³-hybridized carbons (Fsp3) is 0.500. The Bertz CT molecular complexity index is 279. The van der Waals surface area contributed by atoms with Crippen LogP contribution in [0, 0.1) is 0 Å². The Labute approximate surface area is 91.5 Å². The first-order valence-corrected chi connectivity index (χ1v) is 5.14. The van der Waals surface area contributed by atoms with Gasteiger partial charge in [-0.15, -0.1) is 0 Å². The Morgan fingerprint density at radius 3 is 2.33 bits per heavy atom. The van der Waals surface area contributed by atoms with E-state index in [9.17, 15) is 5.11 Å². The first-order chi connectivity index (χ1) is 6.97. The Morgan fingerprint density at radius 1 is 1.20 bits per heavy atom. The summed E-state index contributed by atoms with van der Waals surface area (Å²) < 4.78 is 6.19. The van der Waals surface area contributed by atoms with E-state index in [-0.39, 0.29) is 0 Å². The van der Waals surface area contributed by atoms with E-state index in [1.54, 1.807) is 0 Å². The Morgan fingerprint density at radius 2 is 1.80 bits per heavy atom. The number of nitrogens with zero attached hydrogens (tertiary/aromatic N) is 1. The van der Waals surface area contributed by atoms with Crippen molar-refractivity contribution < 1.29 is 14.3 Å². The van der Waals surface area contributed by atoms with Crippen LogP contribution in [0.3, 0.4) is 0 Å². The molecule has 1 aromatic rings. The third-order valence-corrected chi connectivity index (χ3v) is 1.94. The first kappa shape index (κ1) is 12.0. The maximum absolute atomic E-state index is 9.71. The van der Waals surface area contributed by atoms with Crippen molar-refractivity contribution in [3.05, 3.63) is 30.3 Å². The number of hydrogen-bond acceptors (Lipinski definition) is 2. The molecule has 3 nitrogen and oxygen atoms in total. The van der Waals surface area contributed by atoms with Crippen molar-refractivity contribution in [2.45, 2.75) is 6.10 Å². The average molecular weight is 210 g/mol. The lowest BCUT2D eigenvalue weighted by atomic mass is 10.3. The highest BCUT2D eigenvalue weighted by molar-refractivity contribution is 5.20. The number of para-hydroxylation sites is 1. The van der Waals surface area contributed by atoms with E-state index in [0.717, 1.165) is 10.2 Å².